The Balaban J connectivity index is 1.29. The number of benzene rings is 2. The third-order valence-electron chi connectivity index (χ3n) is 10.4. The molecule has 0 bridgehead atoms. The molecule has 3 fully saturated rings. The van der Waals surface area contributed by atoms with Crippen LogP contribution in [0.2, 0.25) is 0 Å². The Morgan fingerprint density at radius 1 is 0.841 bits per heavy atom. The fraction of sp³-hybridized carbons (Fsp3) is 0.472. The van der Waals surface area contributed by atoms with Crippen LogP contribution in [0.1, 0.15) is 43.2 Å². The van der Waals surface area contributed by atoms with Gasteiger partial charge in [0, 0.05) is 30.9 Å². The molecule has 6 atom stereocenters. The van der Waals surface area contributed by atoms with Crippen LogP contribution in [0.3, 0.4) is 0 Å². The number of carbonyl (C=O) groups excluding carboxylic acids is 3. The molecule has 5 aliphatic rings. The average molecular weight is 612 g/mol. The zero-order valence-electron chi connectivity index (χ0n) is 25.0. The predicted octanol–water partition coefficient (Wildman–Crippen LogP) is 4.22. The number of hydrogen-bond acceptors (Lipinski definition) is 5. The molecule has 44 heavy (non-hydrogen) atoms. The molecule has 0 radical (unpaired) electrons. The minimum absolute atomic E-state index is 0.0363. The molecule has 0 aromatic heterocycles. The van der Waals surface area contributed by atoms with Crippen LogP contribution in [0.5, 0.6) is 0 Å². The van der Waals surface area contributed by atoms with Crippen molar-refractivity contribution in [2.24, 2.45) is 11.8 Å². The molecule has 1 saturated carbocycles. The molecular weight excluding hydrogens is 570 g/mol. The normalized spacial score (nSPS) is 31.0. The minimum atomic E-state index is -0.882. The highest BCUT2D eigenvalue weighted by Gasteiger charge is 2.71. The molecule has 1 N–H and O–H groups in total. The monoisotopic (exact) mass is 611 g/mol. The van der Waals surface area contributed by atoms with Gasteiger partial charge < -0.3 is 19.8 Å². The van der Waals surface area contributed by atoms with E-state index in [2.05, 4.69) is 24.3 Å². The first-order chi connectivity index (χ1) is 21.5. The SMILES string of the molecule is O=C1[C@@H]2[C@H](C=CCN1Cc1ccccc1)S[C@]13C=CCN(C4CCCCC4)C(=O)C1N([C@@H](CO)Cc1ccccc1)C(=O)[C@H]23. The molecule has 230 valence electrons. The average Bonchev–Trinajstić information content (AvgIpc) is 3.38. The maximum Gasteiger partial charge on any atom is 0.247 e. The lowest BCUT2D eigenvalue weighted by atomic mass is 9.78. The maximum absolute atomic E-state index is 14.9. The molecule has 8 heteroatoms. The van der Waals surface area contributed by atoms with Gasteiger partial charge in [0.1, 0.15) is 6.04 Å². The van der Waals surface area contributed by atoms with Crippen molar-refractivity contribution >= 4 is 29.5 Å². The number of aliphatic hydroxyl groups excluding tert-OH is 1. The van der Waals surface area contributed by atoms with E-state index < -0.39 is 28.7 Å². The van der Waals surface area contributed by atoms with E-state index in [-0.39, 0.29) is 35.6 Å². The zero-order valence-corrected chi connectivity index (χ0v) is 25.9. The first-order valence-electron chi connectivity index (χ1n) is 16.1. The number of carbonyl (C=O) groups is 3. The van der Waals surface area contributed by atoms with Crippen molar-refractivity contribution in [1.29, 1.82) is 0 Å². The van der Waals surface area contributed by atoms with Crippen molar-refractivity contribution in [2.75, 3.05) is 19.7 Å². The third kappa shape index (κ3) is 5.00. The van der Waals surface area contributed by atoms with E-state index in [4.69, 9.17) is 0 Å². The van der Waals surface area contributed by atoms with E-state index in [0.717, 1.165) is 36.8 Å². The molecule has 1 unspecified atom stereocenters. The summed E-state index contributed by atoms with van der Waals surface area (Å²) in [6.45, 7) is 1.21. The van der Waals surface area contributed by atoms with Crippen molar-refractivity contribution in [3.05, 3.63) is 96.1 Å². The molecule has 2 aromatic carbocycles. The van der Waals surface area contributed by atoms with Crippen LogP contribution in [0.15, 0.2) is 85.0 Å². The second kappa shape index (κ2) is 12.2. The Morgan fingerprint density at radius 3 is 2.25 bits per heavy atom. The van der Waals surface area contributed by atoms with Gasteiger partial charge in [-0.2, -0.15) is 0 Å². The fourth-order valence-electron chi connectivity index (χ4n) is 8.34. The summed E-state index contributed by atoms with van der Waals surface area (Å²) >= 11 is 1.62. The molecule has 7 nitrogen and oxygen atoms in total. The van der Waals surface area contributed by atoms with Crippen molar-refractivity contribution < 1.29 is 19.5 Å². The van der Waals surface area contributed by atoms with Gasteiger partial charge in [-0.1, -0.05) is 104 Å². The van der Waals surface area contributed by atoms with Gasteiger partial charge >= 0.3 is 0 Å². The molecule has 7 rings (SSSR count). The van der Waals surface area contributed by atoms with Crippen molar-refractivity contribution in [1.82, 2.24) is 14.7 Å². The standard InChI is InChI=1S/C36H41N3O4S/c40-24-28(22-25-12-4-1-5-13-25)39-32-35(43)38(27-16-8-3-9-17-27)21-11-19-36(32)31(34(39)42)30-29(44-36)18-10-20-37(33(30)41)23-26-14-6-2-7-15-26/h1-2,4-7,10-15,18-19,27-32,40H,3,8-9,16-17,20-24H2/t28-,29+,30-,31+,32?,36+/m1/s1. The number of rotatable bonds is 7. The molecule has 1 spiro atoms. The molecule has 3 amide bonds. The highest BCUT2D eigenvalue weighted by molar-refractivity contribution is 8.02. The van der Waals surface area contributed by atoms with Gasteiger partial charge in [0.25, 0.3) is 0 Å². The predicted molar refractivity (Wildman–Crippen MR) is 171 cm³/mol. The lowest BCUT2D eigenvalue weighted by Crippen LogP contribution is -2.58. The van der Waals surface area contributed by atoms with E-state index >= 15 is 0 Å². The zero-order chi connectivity index (χ0) is 30.3. The summed E-state index contributed by atoms with van der Waals surface area (Å²) in [6.07, 6.45) is 14.1. The Morgan fingerprint density at radius 2 is 1.55 bits per heavy atom. The second-order valence-corrected chi connectivity index (χ2v) is 14.4. The number of fused-ring (bicyclic) bond motifs is 2. The second-order valence-electron chi connectivity index (χ2n) is 12.9. The summed E-state index contributed by atoms with van der Waals surface area (Å²) in [5.41, 5.74) is 2.04. The molecule has 2 saturated heterocycles. The van der Waals surface area contributed by atoms with Crippen LogP contribution in [0, 0.1) is 11.8 Å². The third-order valence-corrected chi connectivity index (χ3v) is 12.1. The van der Waals surface area contributed by atoms with Gasteiger partial charge in [0.05, 0.1) is 29.2 Å². The van der Waals surface area contributed by atoms with E-state index in [1.54, 1.807) is 16.7 Å². The lowest BCUT2D eigenvalue weighted by molar-refractivity contribution is -0.148. The number of thioether (sulfide) groups is 1. The molecule has 1 aliphatic carbocycles. The quantitative estimate of drug-likeness (QED) is 0.475. The van der Waals surface area contributed by atoms with Crippen LogP contribution in [0.4, 0.5) is 0 Å². The van der Waals surface area contributed by atoms with E-state index in [0.29, 0.717) is 26.1 Å². The van der Waals surface area contributed by atoms with Crippen molar-refractivity contribution in [3.63, 3.8) is 0 Å². The smallest absolute Gasteiger partial charge is 0.247 e. The number of amides is 3. The molecule has 4 heterocycles. The van der Waals surface area contributed by atoms with E-state index in [1.165, 1.54) is 6.42 Å². The van der Waals surface area contributed by atoms with E-state index in [1.807, 2.05) is 70.5 Å². The van der Waals surface area contributed by atoms with Crippen LogP contribution < -0.4 is 0 Å². The summed E-state index contributed by atoms with van der Waals surface area (Å²) in [5, 5.41) is 10.6. The number of likely N-dealkylation sites (tertiary alicyclic amines) is 1. The molecular formula is C36H41N3O4S. The highest BCUT2D eigenvalue weighted by Crippen LogP contribution is 2.61. The van der Waals surface area contributed by atoms with Gasteiger partial charge in [-0.25, -0.2) is 0 Å². The first-order valence-corrected chi connectivity index (χ1v) is 17.0. The summed E-state index contributed by atoms with van der Waals surface area (Å²) in [6, 6.07) is 18.6. The first kappa shape index (κ1) is 29.4. The summed E-state index contributed by atoms with van der Waals surface area (Å²) < 4.78 is -0.882. The number of hydrogen-bond donors (Lipinski definition) is 1. The van der Waals surface area contributed by atoms with Gasteiger partial charge in [0.15, 0.2) is 0 Å². The molecule has 2 aromatic rings. The van der Waals surface area contributed by atoms with Crippen LogP contribution >= 0.6 is 11.8 Å². The van der Waals surface area contributed by atoms with E-state index in [9.17, 15) is 19.5 Å². The van der Waals surface area contributed by atoms with Crippen LogP contribution in [-0.2, 0) is 27.3 Å². The van der Waals surface area contributed by atoms with Gasteiger partial charge in [0.2, 0.25) is 17.7 Å². The topological polar surface area (TPSA) is 81.2 Å². The molecule has 4 aliphatic heterocycles. The minimum Gasteiger partial charge on any atom is -0.394 e. The van der Waals surface area contributed by atoms with Crippen molar-refractivity contribution in [3.8, 4) is 0 Å². The number of nitrogens with zero attached hydrogens (tertiary/aromatic N) is 3. The Bertz CT molecular complexity index is 1440. The van der Waals surface area contributed by atoms with Gasteiger partial charge in [-0.05, 0) is 30.4 Å². The maximum atomic E-state index is 14.9. The summed E-state index contributed by atoms with van der Waals surface area (Å²) in [7, 11) is 0. The summed E-state index contributed by atoms with van der Waals surface area (Å²) in [4.78, 5) is 49.7. The van der Waals surface area contributed by atoms with Gasteiger partial charge in [-0.3, -0.25) is 14.4 Å². The Labute approximate surface area is 264 Å². The van der Waals surface area contributed by atoms with Gasteiger partial charge in [-0.15, -0.1) is 11.8 Å². The largest absolute Gasteiger partial charge is 0.394 e. The Kier molecular flexibility index (Phi) is 8.14. The Hall–Kier alpha value is -3.36. The lowest BCUT2D eigenvalue weighted by Gasteiger charge is -2.41. The van der Waals surface area contributed by atoms with Crippen LogP contribution in [-0.4, -0.2) is 85.3 Å². The van der Waals surface area contributed by atoms with Crippen molar-refractivity contribution in [2.45, 2.75) is 73.2 Å². The number of aliphatic hydroxyl groups is 1. The van der Waals surface area contributed by atoms with Crippen LogP contribution in [0.25, 0.3) is 0 Å². The highest BCUT2D eigenvalue weighted by atomic mass is 32.2. The fourth-order valence-corrected chi connectivity index (χ4v) is 10.3. The summed E-state index contributed by atoms with van der Waals surface area (Å²) in [5.74, 6) is -1.53.